The number of carbonyl (C=O) groups is 2. The zero-order valence-electron chi connectivity index (χ0n) is 17.9. The summed E-state index contributed by atoms with van der Waals surface area (Å²) in [5.41, 5.74) is 2.71. The molecule has 0 unspecified atom stereocenters. The van der Waals surface area contributed by atoms with Gasteiger partial charge in [0, 0.05) is 6.07 Å². The molecule has 1 fully saturated rings. The second-order valence-electron chi connectivity index (χ2n) is 9.23. The first-order valence-corrected chi connectivity index (χ1v) is 10.7. The molecule has 156 valence electrons. The third-order valence-corrected chi connectivity index (χ3v) is 5.87. The van der Waals surface area contributed by atoms with E-state index in [1.807, 2.05) is 12.1 Å². The van der Waals surface area contributed by atoms with Crippen molar-refractivity contribution in [3.8, 4) is 11.5 Å². The van der Waals surface area contributed by atoms with Crippen molar-refractivity contribution >= 4 is 17.8 Å². The average Bonchev–Trinajstić information content (AvgIpc) is 3.03. The van der Waals surface area contributed by atoms with Gasteiger partial charge in [0.25, 0.3) is 0 Å². The van der Waals surface area contributed by atoms with E-state index in [0.29, 0.717) is 17.1 Å². The van der Waals surface area contributed by atoms with E-state index in [0.717, 1.165) is 31.2 Å². The molecule has 2 aliphatic rings. The van der Waals surface area contributed by atoms with Gasteiger partial charge in [0.05, 0.1) is 11.5 Å². The zero-order valence-corrected chi connectivity index (χ0v) is 17.9. The van der Waals surface area contributed by atoms with Gasteiger partial charge in [-0.1, -0.05) is 64.3 Å². The number of hydrogen-bond donors (Lipinski definition) is 0. The predicted molar refractivity (Wildman–Crippen MR) is 117 cm³/mol. The molecule has 0 spiro atoms. The lowest BCUT2D eigenvalue weighted by Gasteiger charge is -2.19. The molecule has 0 N–H and O–H groups in total. The number of esters is 1. The van der Waals surface area contributed by atoms with Crippen LogP contribution in [0.1, 0.15) is 74.4 Å². The third kappa shape index (κ3) is 4.33. The van der Waals surface area contributed by atoms with E-state index in [9.17, 15) is 9.59 Å². The van der Waals surface area contributed by atoms with Crippen molar-refractivity contribution in [2.75, 3.05) is 0 Å². The Morgan fingerprint density at radius 2 is 1.73 bits per heavy atom. The van der Waals surface area contributed by atoms with E-state index in [1.165, 1.54) is 12.0 Å². The van der Waals surface area contributed by atoms with E-state index in [4.69, 9.17) is 9.47 Å². The SMILES string of the molecule is CC(C)(C)c1ccc(/C=C2\Oc3cc(OC(=O)C4CCCCC4)ccc3C2=O)cc1. The molecule has 4 heteroatoms. The summed E-state index contributed by atoms with van der Waals surface area (Å²) in [7, 11) is 0. The van der Waals surface area contributed by atoms with Crippen LogP contribution in [0.3, 0.4) is 0 Å². The summed E-state index contributed by atoms with van der Waals surface area (Å²) >= 11 is 0. The Morgan fingerprint density at radius 3 is 2.40 bits per heavy atom. The van der Waals surface area contributed by atoms with Gasteiger partial charge in [0.15, 0.2) is 5.76 Å². The van der Waals surface area contributed by atoms with Crippen LogP contribution in [0.4, 0.5) is 0 Å². The Hall–Kier alpha value is -2.88. The summed E-state index contributed by atoms with van der Waals surface area (Å²) in [6.45, 7) is 6.50. The maximum absolute atomic E-state index is 12.7. The van der Waals surface area contributed by atoms with Crippen LogP contribution >= 0.6 is 0 Å². The average molecular weight is 405 g/mol. The van der Waals surface area contributed by atoms with E-state index >= 15 is 0 Å². The number of ketones is 1. The summed E-state index contributed by atoms with van der Waals surface area (Å²) in [6.07, 6.45) is 6.87. The molecule has 2 aromatic rings. The van der Waals surface area contributed by atoms with Crippen LogP contribution in [-0.2, 0) is 10.2 Å². The number of ether oxygens (including phenoxy) is 2. The summed E-state index contributed by atoms with van der Waals surface area (Å²) < 4.78 is 11.4. The number of benzene rings is 2. The van der Waals surface area contributed by atoms with Gasteiger partial charge in [-0.15, -0.1) is 0 Å². The second kappa shape index (κ2) is 8.10. The van der Waals surface area contributed by atoms with Crippen molar-refractivity contribution in [1.29, 1.82) is 0 Å². The Labute approximate surface area is 177 Å². The topological polar surface area (TPSA) is 52.6 Å². The number of allylic oxidation sites excluding steroid dienone is 1. The van der Waals surface area contributed by atoms with Crippen molar-refractivity contribution in [2.45, 2.75) is 58.3 Å². The zero-order chi connectivity index (χ0) is 21.3. The summed E-state index contributed by atoms with van der Waals surface area (Å²) in [5.74, 6) is 0.772. The van der Waals surface area contributed by atoms with Crippen molar-refractivity contribution in [3.63, 3.8) is 0 Å². The first kappa shape index (κ1) is 20.4. The first-order chi connectivity index (χ1) is 14.3. The second-order valence-corrected chi connectivity index (χ2v) is 9.23. The highest BCUT2D eigenvalue weighted by molar-refractivity contribution is 6.14. The molecule has 0 amide bonds. The third-order valence-electron chi connectivity index (χ3n) is 5.87. The summed E-state index contributed by atoms with van der Waals surface area (Å²) in [4.78, 5) is 25.1. The Morgan fingerprint density at radius 1 is 1.03 bits per heavy atom. The minimum absolute atomic E-state index is 0.0268. The highest BCUT2D eigenvalue weighted by atomic mass is 16.5. The molecule has 30 heavy (non-hydrogen) atoms. The maximum Gasteiger partial charge on any atom is 0.314 e. The fourth-order valence-corrected chi connectivity index (χ4v) is 4.00. The highest BCUT2D eigenvalue weighted by Crippen LogP contribution is 2.36. The molecule has 4 nitrogen and oxygen atoms in total. The molecule has 4 rings (SSSR count). The lowest BCUT2D eigenvalue weighted by atomic mass is 9.86. The molecule has 1 saturated carbocycles. The summed E-state index contributed by atoms with van der Waals surface area (Å²) in [5, 5.41) is 0. The van der Waals surface area contributed by atoms with Gasteiger partial charge < -0.3 is 9.47 Å². The number of hydrogen-bond acceptors (Lipinski definition) is 4. The minimum atomic E-state index is -0.186. The fourth-order valence-electron chi connectivity index (χ4n) is 4.00. The summed E-state index contributed by atoms with van der Waals surface area (Å²) in [6, 6.07) is 13.1. The predicted octanol–water partition coefficient (Wildman–Crippen LogP) is 6.09. The standard InChI is InChI=1S/C26H28O4/c1-26(2,3)19-11-9-17(10-12-19)15-23-24(27)21-14-13-20(16-22(21)30-23)29-25(28)18-7-5-4-6-8-18/h9-16,18H,4-8H2,1-3H3/b23-15-. The van der Waals surface area contributed by atoms with E-state index < -0.39 is 0 Å². The quantitative estimate of drug-likeness (QED) is 0.353. The monoisotopic (exact) mass is 404 g/mol. The van der Waals surface area contributed by atoms with Crippen LogP contribution in [0.2, 0.25) is 0 Å². The van der Waals surface area contributed by atoms with Gasteiger partial charge in [-0.25, -0.2) is 0 Å². The van der Waals surface area contributed by atoms with Crippen LogP contribution in [0, 0.1) is 5.92 Å². The number of Topliss-reactive ketones (excluding diaryl/α,β-unsaturated/α-hetero) is 1. The van der Waals surface area contributed by atoms with Crippen LogP contribution < -0.4 is 9.47 Å². The maximum atomic E-state index is 12.7. The van der Waals surface area contributed by atoms with Gasteiger partial charge in [-0.2, -0.15) is 0 Å². The molecule has 0 aromatic heterocycles. The largest absolute Gasteiger partial charge is 0.452 e. The Balaban J connectivity index is 1.48. The van der Waals surface area contributed by atoms with Gasteiger partial charge >= 0.3 is 5.97 Å². The molecule has 1 heterocycles. The van der Waals surface area contributed by atoms with Crippen LogP contribution in [-0.4, -0.2) is 11.8 Å². The molecule has 0 saturated heterocycles. The van der Waals surface area contributed by atoms with Crippen molar-refractivity contribution < 1.29 is 19.1 Å². The lowest BCUT2D eigenvalue weighted by Crippen LogP contribution is -2.22. The van der Waals surface area contributed by atoms with Crippen molar-refractivity contribution in [1.82, 2.24) is 0 Å². The Kier molecular flexibility index (Phi) is 5.50. The normalized spacial score (nSPS) is 18.2. The lowest BCUT2D eigenvalue weighted by molar-refractivity contribution is -0.139. The number of rotatable bonds is 3. The minimum Gasteiger partial charge on any atom is -0.452 e. The van der Waals surface area contributed by atoms with Gasteiger partial charge in [0.2, 0.25) is 5.78 Å². The van der Waals surface area contributed by atoms with Gasteiger partial charge in [0.1, 0.15) is 11.5 Å². The molecular weight excluding hydrogens is 376 g/mol. The molecule has 2 aromatic carbocycles. The number of carbonyl (C=O) groups excluding carboxylic acids is 2. The fraction of sp³-hybridized carbons (Fsp3) is 0.385. The van der Waals surface area contributed by atoms with Crippen LogP contribution in [0.25, 0.3) is 6.08 Å². The molecule has 0 bridgehead atoms. The van der Waals surface area contributed by atoms with Crippen molar-refractivity contribution in [3.05, 3.63) is 64.9 Å². The van der Waals surface area contributed by atoms with E-state index in [-0.39, 0.29) is 28.8 Å². The van der Waals surface area contributed by atoms with Gasteiger partial charge in [-0.05, 0) is 47.6 Å². The van der Waals surface area contributed by atoms with Crippen LogP contribution in [0.15, 0.2) is 48.2 Å². The number of fused-ring (bicyclic) bond motifs is 1. The van der Waals surface area contributed by atoms with Crippen LogP contribution in [0.5, 0.6) is 11.5 Å². The molecule has 1 aliphatic carbocycles. The Bertz CT molecular complexity index is 987. The smallest absolute Gasteiger partial charge is 0.314 e. The molecule has 0 radical (unpaired) electrons. The molecule has 0 atom stereocenters. The van der Waals surface area contributed by atoms with E-state index in [1.54, 1.807) is 24.3 Å². The first-order valence-electron chi connectivity index (χ1n) is 10.7. The molecule has 1 aliphatic heterocycles. The van der Waals surface area contributed by atoms with E-state index in [2.05, 4.69) is 32.9 Å². The van der Waals surface area contributed by atoms with Gasteiger partial charge in [-0.3, -0.25) is 9.59 Å². The highest BCUT2D eigenvalue weighted by Gasteiger charge is 2.29. The van der Waals surface area contributed by atoms with Crippen molar-refractivity contribution in [2.24, 2.45) is 5.92 Å². The molecular formula is C26H28O4.